The van der Waals surface area contributed by atoms with Crippen molar-refractivity contribution >= 4 is 5.91 Å². The third-order valence-electron chi connectivity index (χ3n) is 7.06. The van der Waals surface area contributed by atoms with Crippen molar-refractivity contribution < 1.29 is 9.53 Å². The zero-order chi connectivity index (χ0) is 20.0. The minimum Gasteiger partial charge on any atom is -0.497 e. The van der Waals surface area contributed by atoms with Crippen LogP contribution in [0.4, 0.5) is 0 Å². The maximum absolute atomic E-state index is 13.2. The summed E-state index contributed by atoms with van der Waals surface area (Å²) >= 11 is 0. The van der Waals surface area contributed by atoms with E-state index in [0.717, 1.165) is 43.8 Å². The highest BCUT2D eigenvalue weighted by atomic mass is 16.5. The summed E-state index contributed by atoms with van der Waals surface area (Å²) in [5, 5.41) is 0. The quantitative estimate of drug-likeness (QED) is 0.805. The van der Waals surface area contributed by atoms with Crippen LogP contribution in [0, 0.1) is 11.8 Å². The van der Waals surface area contributed by atoms with E-state index in [1.165, 1.54) is 29.7 Å². The Hall–Kier alpha value is -2.40. The number of nitrogens with zero attached hydrogens (tertiary/aromatic N) is 3. The predicted molar refractivity (Wildman–Crippen MR) is 112 cm³/mol. The van der Waals surface area contributed by atoms with Crippen molar-refractivity contribution in [3.63, 3.8) is 0 Å². The van der Waals surface area contributed by atoms with Gasteiger partial charge in [-0.1, -0.05) is 12.1 Å². The van der Waals surface area contributed by atoms with Crippen LogP contribution in [0.25, 0.3) is 0 Å². The molecular formula is C24H29N3O2. The molecule has 5 nitrogen and oxygen atoms in total. The number of fused-ring (bicyclic) bond motifs is 2. The van der Waals surface area contributed by atoms with Crippen molar-refractivity contribution in [2.75, 3.05) is 33.8 Å². The Morgan fingerprint density at radius 1 is 1.10 bits per heavy atom. The molecule has 5 heteroatoms. The Kier molecular flexibility index (Phi) is 4.78. The van der Waals surface area contributed by atoms with Gasteiger partial charge in [-0.15, -0.1) is 0 Å². The molecule has 29 heavy (non-hydrogen) atoms. The average molecular weight is 392 g/mol. The summed E-state index contributed by atoms with van der Waals surface area (Å²) in [5.74, 6) is 2.04. The molecule has 2 aromatic rings. The standard InChI is InChI=1S/C24H29N3O2/c1-26-13-19-14-27(15-21(19)23(26)16-7-9-20(29-2)10-8-16)24(28)18-11-17-5-3-4-6-22(17)25-12-18/h7-12,19,21,23H,3-6,13-15H2,1-2H3/t19-,21+,23+/m0/s1. The average Bonchev–Trinajstić information content (AvgIpc) is 3.29. The molecule has 0 saturated carbocycles. The normalized spacial score (nSPS) is 26.3. The first-order valence-corrected chi connectivity index (χ1v) is 10.8. The maximum Gasteiger partial charge on any atom is 0.255 e. The van der Waals surface area contributed by atoms with Gasteiger partial charge in [0.25, 0.3) is 5.91 Å². The van der Waals surface area contributed by atoms with E-state index in [0.29, 0.717) is 17.9 Å². The van der Waals surface area contributed by atoms with Crippen molar-refractivity contribution in [3.8, 4) is 5.75 Å². The van der Waals surface area contributed by atoms with Crippen LogP contribution < -0.4 is 4.74 Å². The molecule has 3 heterocycles. The van der Waals surface area contributed by atoms with Crippen LogP contribution in [0.1, 0.15) is 46.1 Å². The Morgan fingerprint density at radius 2 is 1.90 bits per heavy atom. The van der Waals surface area contributed by atoms with Gasteiger partial charge in [0.1, 0.15) is 5.75 Å². The molecule has 1 aliphatic carbocycles. The highest BCUT2D eigenvalue weighted by Gasteiger charge is 2.47. The van der Waals surface area contributed by atoms with Gasteiger partial charge in [-0.25, -0.2) is 0 Å². The Balaban J connectivity index is 1.34. The third-order valence-corrected chi connectivity index (χ3v) is 7.06. The summed E-state index contributed by atoms with van der Waals surface area (Å²) in [5.41, 5.74) is 4.54. The van der Waals surface area contributed by atoms with Gasteiger partial charge >= 0.3 is 0 Å². The number of carbonyl (C=O) groups is 1. The first-order chi connectivity index (χ1) is 14.1. The van der Waals surface area contributed by atoms with Crippen LogP contribution in [-0.2, 0) is 12.8 Å². The number of benzene rings is 1. The minimum absolute atomic E-state index is 0.149. The molecule has 0 unspecified atom stereocenters. The van der Waals surface area contributed by atoms with Gasteiger partial charge < -0.3 is 9.64 Å². The Bertz CT molecular complexity index is 911. The molecule has 2 fully saturated rings. The van der Waals surface area contributed by atoms with Crippen LogP contribution in [0.2, 0.25) is 0 Å². The smallest absolute Gasteiger partial charge is 0.255 e. The number of pyridine rings is 1. The van der Waals surface area contributed by atoms with Crippen LogP contribution in [0.3, 0.4) is 0 Å². The number of ether oxygens (including phenoxy) is 1. The third kappa shape index (κ3) is 3.31. The highest BCUT2D eigenvalue weighted by molar-refractivity contribution is 5.94. The molecule has 0 radical (unpaired) electrons. The number of carbonyl (C=O) groups excluding carboxylic acids is 1. The summed E-state index contributed by atoms with van der Waals surface area (Å²) in [6, 6.07) is 10.9. The van der Waals surface area contributed by atoms with Crippen LogP contribution in [0.5, 0.6) is 5.75 Å². The number of methoxy groups -OCH3 is 1. The lowest BCUT2D eigenvalue weighted by molar-refractivity contribution is 0.0767. The summed E-state index contributed by atoms with van der Waals surface area (Å²) in [6.45, 7) is 2.70. The number of hydrogen-bond donors (Lipinski definition) is 0. The molecule has 3 atom stereocenters. The van der Waals surface area contributed by atoms with E-state index in [4.69, 9.17) is 4.74 Å². The van der Waals surface area contributed by atoms with E-state index in [9.17, 15) is 4.79 Å². The second-order valence-electron chi connectivity index (χ2n) is 8.83. The summed E-state index contributed by atoms with van der Waals surface area (Å²) in [7, 11) is 3.90. The predicted octanol–water partition coefficient (Wildman–Crippen LogP) is 3.34. The SMILES string of the molecule is COc1ccc([C@@H]2[C@@H]3CN(C(=O)c4cnc5c(c4)CCCC5)C[C@@H]3CN2C)cc1. The molecule has 152 valence electrons. The lowest BCUT2D eigenvalue weighted by Crippen LogP contribution is -2.33. The molecule has 0 spiro atoms. The second kappa shape index (κ2) is 7.45. The fourth-order valence-corrected chi connectivity index (χ4v) is 5.61. The van der Waals surface area contributed by atoms with Crippen molar-refractivity contribution in [1.82, 2.24) is 14.8 Å². The number of rotatable bonds is 3. The fraction of sp³-hybridized carbons (Fsp3) is 0.500. The molecule has 3 aliphatic rings. The molecule has 2 aliphatic heterocycles. The fourth-order valence-electron chi connectivity index (χ4n) is 5.61. The topological polar surface area (TPSA) is 45.7 Å². The Morgan fingerprint density at radius 3 is 2.69 bits per heavy atom. The van der Waals surface area contributed by atoms with Crippen LogP contribution in [0.15, 0.2) is 36.5 Å². The maximum atomic E-state index is 13.2. The number of likely N-dealkylation sites (tertiary alicyclic amines) is 2. The molecule has 1 amide bonds. The van der Waals surface area contributed by atoms with Gasteiger partial charge in [0.15, 0.2) is 0 Å². The number of aryl methyl sites for hydroxylation is 2. The van der Waals surface area contributed by atoms with Gasteiger partial charge in [-0.05, 0) is 68.0 Å². The summed E-state index contributed by atoms with van der Waals surface area (Å²) < 4.78 is 5.31. The molecule has 0 N–H and O–H groups in total. The lowest BCUT2D eigenvalue weighted by atomic mass is 9.89. The molecular weight excluding hydrogens is 362 g/mol. The first kappa shape index (κ1) is 18.6. The van der Waals surface area contributed by atoms with Crippen molar-refractivity contribution in [2.45, 2.75) is 31.7 Å². The van der Waals surface area contributed by atoms with E-state index < -0.39 is 0 Å². The van der Waals surface area contributed by atoms with E-state index in [1.54, 1.807) is 13.3 Å². The van der Waals surface area contributed by atoms with Gasteiger partial charge in [-0.3, -0.25) is 14.7 Å². The van der Waals surface area contributed by atoms with Gasteiger partial charge in [0.05, 0.1) is 12.7 Å². The summed E-state index contributed by atoms with van der Waals surface area (Å²) in [4.78, 5) is 22.3. The van der Waals surface area contributed by atoms with Crippen molar-refractivity contribution in [2.24, 2.45) is 11.8 Å². The largest absolute Gasteiger partial charge is 0.497 e. The van der Waals surface area contributed by atoms with E-state index in [-0.39, 0.29) is 5.91 Å². The zero-order valence-electron chi connectivity index (χ0n) is 17.3. The number of hydrogen-bond acceptors (Lipinski definition) is 4. The molecule has 5 rings (SSSR count). The lowest BCUT2D eigenvalue weighted by Gasteiger charge is -2.27. The van der Waals surface area contributed by atoms with Gasteiger partial charge in [0.2, 0.25) is 0 Å². The van der Waals surface area contributed by atoms with E-state index in [1.807, 2.05) is 12.1 Å². The van der Waals surface area contributed by atoms with Crippen molar-refractivity contribution in [3.05, 3.63) is 58.9 Å². The molecule has 2 saturated heterocycles. The second-order valence-corrected chi connectivity index (χ2v) is 8.83. The molecule has 0 bridgehead atoms. The minimum atomic E-state index is 0.149. The van der Waals surface area contributed by atoms with E-state index in [2.05, 4.69) is 40.0 Å². The first-order valence-electron chi connectivity index (χ1n) is 10.8. The van der Waals surface area contributed by atoms with Crippen LogP contribution >= 0.6 is 0 Å². The molecule has 1 aromatic heterocycles. The van der Waals surface area contributed by atoms with Gasteiger partial charge in [0, 0.05) is 43.5 Å². The van der Waals surface area contributed by atoms with Crippen molar-refractivity contribution in [1.29, 1.82) is 0 Å². The zero-order valence-corrected chi connectivity index (χ0v) is 17.3. The summed E-state index contributed by atoms with van der Waals surface area (Å²) in [6.07, 6.45) is 6.32. The highest BCUT2D eigenvalue weighted by Crippen LogP contribution is 2.44. The number of aromatic nitrogens is 1. The van der Waals surface area contributed by atoms with Gasteiger partial charge in [-0.2, -0.15) is 0 Å². The monoisotopic (exact) mass is 391 g/mol. The van der Waals surface area contributed by atoms with E-state index >= 15 is 0 Å². The Labute approximate surface area is 172 Å². The molecule has 1 aromatic carbocycles. The number of amides is 1. The van der Waals surface area contributed by atoms with Crippen LogP contribution in [-0.4, -0.2) is 54.5 Å².